The number of carbonyl (C=O) groups is 7. The minimum atomic E-state index is -0.754. The Morgan fingerprint density at radius 2 is 1.70 bits per heavy atom. The number of likely N-dealkylation sites (N-methyl/N-ethyl adjacent to an activating group) is 1. The van der Waals surface area contributed by atoms with Crippen molar-refractivity contribution in [3.63, 3.8) is 0 Å². The fraction of sp³-hybridized carbons (Fsp3) is 0.298. The Hall–Kier alpha value is -8.16. The summed E-state index contributed by atoms with van der Waals surface area (Å²) < 4.78 is 21.9. The van der Waals surface area contributed by atoms with Gasteiger partial charge in [-0.25, -0.2) is 4.39 Å². The highest BCUT2D eigenvalue weighted by Gasteiger charge is 2.40. The van der Waals surface area contributed by atoms with E-state index in [1.54, 1.807) is 68.0 Å². The van der Waals surface area contributed by atoms with Crippen LogP contribution in [-0.2, 0) is 25.7 Å². The summed E-state index contributed by atoms with van der Waals surface area (Å²) in [7, 11) is 4.49. The predicted octanol–water partition coefficient (Wildman–Crippen LogP) is 5.75. The molecule has 1 atom stereocenters. The number of aromatic nitrogens is 4. The number of H-pyrrole nitrogens is 1. The maximum absolute atomic E-state index is 14.8. The topological polar surface area (TPSA) is 242 Å². The molecule has 2 aliphatic heterocycles. The minimum absolute atomic E-state index is 0.126. The number of nitrogens with one attached hydrogen (secondary N) is 6. The van der Waals surface area contributed by atoms with Gasteiger partial charge in [0, 0.05) is 74.5 Å². The number of carbonyl (C=O) groups excluding carboxylic acids is 7. The standard InChI is InChI=1S/C47H48FN11O8/c1-49-45(65)41-30(48)11-9-13-32(41)52-43-28-18-20-50-42(28)55-47(56-43)53-33-23-35-26(22-36(33)67-3)19-21-58(35)40(63)25-57(2)39(62)15-7-5-4-6-14-37(60)51-31-12-8-10-27-29(31)24-59(46(27)66)34-16-17-38(61)54-44(34)64/h8-13,18-23,34H,4-7,14-17,24-25H2,1-3H3,(H,49,65)(H,51,60)(H,54,61,64)(H3,50,52,53,55,56). The second-order valence-electron chi connectivity index (χ2n) is 16.3. The van der Waals surface area contributed by atoms with Crippen LogP contribution >= 0.6 is 0 Å². The molecule has 0 radical (unpaired) electrons. The number of fused-ring (bicyclic) bond motifs is 3. The first-order valence-corrected chi connectivity index (χ1v) is 21.8. The van der Waals surface area contributed by atoms with E-state index < -0.39 is 23.7 Å². The number of nitrogens with zero attached hydrogens (tertiary/aromatic N) is 5. The molecule has 3 aromatic carbocycles. The van der Waals surface area contributed by atoms with Crippen LogP contribution in [0.1, 0.15) is 82.4 Å². The molecule has 1 fully saturated rings. The number of piperidine rings is 1. The van der Waals surface area contributed by atoms with Crippen LogP contribution in [0.4, 0.5) is 33.2 Å². The van der Waals surface area contributed by atoms with Gasteiger partial charge in [-0.05, 0) is 67.8 Å². The number of hydrogen-bond acceptors (Lipinski definition) is 12. The first-order valence-electron chi connectivity index (χ1n) is 21.8. The Labute approximate surface area is 382 Å². The van der Waals surface area contributed by atoms with Gasteiger partial charge in [0.1, 0.15) is 35.6 Å². The predicted molar refractivity (Wildman–Crippen MR) is 246 cm³/mol. The van der Waals surface area contributed by atoms with Crippen LogP contribution in [0.3, 0.4) is 0 Å². The molecule has 346 valence electrons. The van der Waals surface area contributed by atoms with E-state index in [1.807, 2.05) is 0 Å². The average Bonchev–Trinajstić information content (AvgIpc) is 4.05. The fourth-order valence-electron chi connectivity index (χ4n) is 8.36. The molecule has 5 heterocycles. The van der Waals surface area contributed by atoms with Gasteiger partial charge in [0.15, 0.2) is 0 Å². The summed E-state index contributed by atoms with van der Waals surface area (Å²) in [6.07, 6.45) is 6.66. The van der Waals surface area contributed by atoms with Crippen molar-refractivity contribution in [2.45, 2.75) is 64.0 Å². The minimum Gasteiger partial charge on any atom is -0.495 e. The number of anilines is 5. The van der Waals surface area contributed by atoms with Crippen LogP contribution in [0, 0.1) is 5.82 Å². The van der Waals surface area contributed by atoms with Crippen LogP contribution in [-0.4, -0.2) is 104 Å². The molecule has 0 aliphatic carbocycles. The summed E-state index contributed by atoms with van der Waals surface area (Å²) in [6, 6.07) is 15.5. The lowest BCUT2D eigenvalue weighted by Crippen LogP contribution is -2.52. The third-order valence-corrected chi connectivity index (χ3v) is 11.9. The molecule has 1 saturated heterocycles. The van der Waals surface area contributed by atoms with Gasteiger partial charge in [0.05, 0.1) is 35.0 Å². The molecule has 2 aliphatic rings. The van der Waals surface area contributed by atoms with Crippen molar-refractivity contribution in [3.05, 3.63) is 95.6 Å². The highest BCUT2D eigenvalue weighted by molar-refractivity contribution is 6.07. The number of halogens is 1. The van der Waals surface area contributed by atoms with Gasteiger partial charge in [-0.3, -0.25) is 43.4 Å². The zero-order chi connectivity index (χ0) is 47.4. The van der Waals surface area contributed by atoms with Crippen LogP contribution < -0.4 is 31.3 Å². The van der Waals surface area contributed by atoms with Crippen LogP contribution in [0.5, 0.6) is 5.75 Å². The second-order valence-corrected chi connectivity index (χ2v) is 16.3. The zero-order valence-corrected chi connectivity index (χ0v) is 37.0. The van der Waals surface area contributed by atoms with E-state index in [1.165, 1.54) is 40.7 Å². The van der Waals surface area contributed by atoms with Gasteiger partial charge in [-0.15, -0.1) is 0 Å². The summed E-state index contributed by atoms with van der Waals surface area (Å²) in [5.74, 6) is -2.43. The molecule has 6 amide bonds. The summed E-state index contributed by atoms with van der Waals surface area (Å²) in [5, 5.41) is 15.2. The molecule has 8 rings (SSSR count). The first-order chi connectivity index (χ1) is 32.3. The van der Waals surface area contributed by atoms with Crippen LogP contribution in [0.15, 0.2) is 73.1 Å². The van der Waals surface area contributed by atoms with Gasteiger partial charge in [-0.1, -0.05) is 25.0 Å². The lowest BCUT2D eigenvalue weighted by molar-refractivity contribution is -0.137. The molecule has 67 heavy (non-hydrogen) atoms. The molecule has 20 heteroatoms. The maximum Gasteiger partial charge on any atom is 0.256 e. The lowest BCUT2D eigenvalue weighted by atomic mass is 10.0. The van der Waals surface area contributed by atoms with E-state index >= 15 is 0 Å². The van der Waals surface area contributed by atoms with Crippen LogP contribution in [0.2, 0.25) is 0 Å². The Morgan fingerprint density at radius 1 is 0.925 bits per heavy atom. The Balaban J connectivity index is 0.834. The smallest absolute Gasteiger partial charge is 0.256 e. The quantitative estimate of drug-likeness (QED) is 0.0474. The number of unbranched alkanes of at least 4 members (excludes halogenated alkanes) is 3. The number of imide groups is 1. The first kappa shape index (κ1) is 45.4. The SMILES string of the molecule is CNC(=O)c1c(F)cccc1Nc1nc(Nc2cc3c(ccn3C(=O)CN(C)C(=O)CCCCCCC(=O)Nc3cccc4c3CN(C3CCC(=O)NC3=O)C4=O)cc2OC)nc2[nH]ccc12. The van der Waals surface area contributed by atoms with Gasteiger partial charge in [-0.2, -0.15) is 9.97 Å². The molecular formula is C47H48FN11O8. The van der Waals surface area contributed by atoms with E-state index in [2.05, 4.69) is 41.5 Å². The number of ether oxygens (including phenoxy) is 1. The van der Waals surface area contributed by atoms with E-state index in [0.29, 0.717) is 75.9 Å². The summed E-state index contributed by atoms with van der Waals surface area (Å²) in [5.41, 5.74) is 2.97. The van der Waals surface area contributed by atoms with Crippen molar-refractivity contribution in [1.82, 2.24) is 40.0 Å². The molecule has 6 N–H and O–H groups in total. The Bertz CT molecular complexity index is 2970. The molecule has 3 aromatic heterocycles. The third kappa shape index (κ3) is 9.63. The van der Waals surface area contributed by atoms with Crippen LogP contribution in [0.25, 0.3) is 21.9 Å². The van der Waals surface area contributed by atoms with Crippen molar-refractivity contribution in [2.75, 3.05) is 43.7 Å². The molecule has 0 spiro atoms. The third-order valence-electron chi connectivity index (χ3n) is 11.9. The normalized spacial score (nSPS) is 14.5. The van der Waals surface area contributed by atoms with Crippen molar-refractivity contribution in [1.29, 1.82) is 0 Å². The van der Waals surface area contributed by atoms with Gasteiger partial charge in [0.25, 0.3) is 17.7 Å². The van der Waals surface area contributed by atoms with Crippen molar-refractivity contribution in [3.8, 4) is 5.75 Å². The van der Waals surface area contributed by atoms with E-state index in [4.69, 9.17) is 4.74 Å². The lowest BCUT2D eigenvalue weighted by Gasteiger charge is -2.29. The van der Waals surface area contributed by atoms with E-state index in [-0.39, 0.29) is 91.3 Å². The van der Waals surface area contributed by atoms with Crippen molar-refractivity contribution >= 4 is 92.1 Å². The molecule has 6 aromatic rings. The summed E-state index contributed by atoms with van der Waals surface area (Å²) in [4.78, 5) is 105. The van der Waals surface area contributed by atoms with E-state index in [9.17, 15) is 38.0 Å². The Kier molecular flexibility index (Phi) is 13.2. The number of rotatable bonds is 17. The number of benzene rings is 3. The maximum atomic E-state index is 14.8. The van der Waals surface area contributed by atoms with Crippen molar-refractivity contribution in [2.24, 2.45) is 0 Å². The summed E-state index contributed by atoms with van der Waals surface area (Å²) in [6.45, 7) is -0.0347. The zero-order valence-electron chi connectivity index (χ0n) is 37.0. The molecule has 0 bridgehead atoms. The van der Waals surface area contributed by atoms with Crippen molar-refractivity contribution < 1.29 is 42.7 Å². The molecule has 1 unspecified atom stereocenters. The van der Waals surface area contributed by atoms with Gasteiger partial charge in [0.2, 0.25) is 29.6 Å². The summed E-state index contributed by atoms with van der Waals surface area (Å²) >= 11 is 0. The largest absolute Gasteiger partial charge is 0.495 e. The highest BCUT2D eigenvalue weighted by Crippen LogP contribution is 2.35. The number of methoxy groups -OCH3 is 1. The number of hydrogen-bond donors (Lipinski definition) is 6. The Morgan fingerprint density at radius 3 is 2.48 bits per heavy atom. The monoisotopic (exact) mass is 913 g/mol. The molecule has 0 saturated carbocycles. The highest BCUT2D eigenvalue weighted by atomic mass is 19.1. The number of amides is 6. The fourth-order valence-corrected chi connectivity index (χ4v) is 8.36. The molecule has 19 nitrogen and oxygen atoms in total. The average molecular weight is 914 g/mol. The van der Waals surface area contributed by atoms with Gasteiger partial charge < -0.3 is 40.8 Å². The number of aromatic amines is 1. The van der Waals surface area contributed by atoms with Gasteiger partial charge >= 0.3 is 0 Å². The second kappa shape index (κ2) is 19.5. The van der Waals surface area contributed by atoms with E-state index in [0.717, 1.165) is 0 Å². The molecular weight excluding hydrogens is 866 g/mol.